The first-order valence-electron chi connectivity index (χ1n) is 8.00. The molecule has 0 unspecified atom stereocenters. The summed E-state index contributed by atoms with van der Waals surface area (Å²) in [5.41, 5.74) is 0. The lowest BCUT2D eigenvalue weighted by Crippen LogP contribution is -2.40. The number of halogens is 1. The molecular formula is C17H25BrN2O2. The number of carbonyl (C=O) groups excluding carboxylic acids is 1. The van der Waals surface area contributed by atoms with Crippen LogP contribution in [-0.4, -0.2) is 44.1 Å². The van der Waals surface area contributed by atoms with Gasteiger partial charge in [0.2, 0.25) is 5.91 Å². The number of amides is 1. The zero-order valence-corrected chi connectivity index (χ0v) is 14.8. The lowest BCUT2D eigenvalue weighted by molar-refractivity contribution is -0.132. The van der Waals surface area contributed by atoms with Gasteiger partial charge in [0, 0.05) is 19.5 Å². The van der Waals surface area contributed by atoms with Crippen LogP contribution in [0.2, 0.25) is 0 Å². The molecular weight excluding hydrogens is 344 g/mol. The minimum absolute atomic E-state index is 0.263. The van der Waals surface area contributed by atoms with Crippen molar-refractivity contribution in [1.29, 1.82) is 0 Å². The van der Waals surface area contributed by atoms with Crippen LogP contribution in [0.15, 0.2) is 28.7 Å². The van der Waals surface area contributed by atoms with Gasteiger partial charge in [-0.2, -0.15) is 0 Å². The summed E-state index contributed by atoms with van der Waals surface area (Å²) in [6, 6.07) is 7.78. The Hall–Kier alpha value is -1.07. The molecule has 2 rings (SSSR count). The highest BCUT2D eigenvalue weighted by atomic mass is 79.9. The molecule has 1 amide bonds. The number of benzene rings is 1. The van der Waals surface area contributed by atoms with E-state index < -0.39 is 0 Å². The van der Waals surface area contributed by atoms with Crippen molar-refractivity contribution < 1.29 is 9.53 Å². The van der Waals surface area contributed by atoms with Crippen LogP contribution in [0.1, 0.15) is 25.7 Å². The first-order chi connectivity index (χ1) is 10.7. The Balaban J connectivity index is 1.63. The fourth-order valence-electron chi connectivity index (χ4n) is 2.80. The van der Waals surface area contributed by atoms with Crippen molar-refractivity contribution in [2.24, 2.45) is 5.92 Å². The maximum absolute atomic E-state index is 12.2. The van der Waals surface area contributed by atoms with Gasteiger partial charge in [0.25, 0.3) is 0 Å². The standard InChI is InChI=1S/C17H25BrN2O2/c1-19-13-14-8-10-20(11-9-14)17(21)7-4-12-22-16-6-3-2-5-15(16)18/h2-3,5-6,14,19H,4,7-13H2,1H3. The summed E-state index contributed by atoms with van der Waals surface area (Å²) in [5.74, 6) is 1.81. The molecule has 1 aromatic rings. The SMILES string of the molecule is CNCC1CCN(C(=O)CCCOc2ccccc2Br)CC1. The number of likely N-dealkylation sites (tertiary alicyclic amines) is 1. The Morgan fingerprint density at radius 1 is 1.36 bits per heavy atom. The van der Waals surface area contributed by atoms with E-state index in [9.17, 15) is 4.79 Å². The molecule has 0 saturated carbocycles. The quantitative estimate of drug-likeness (QED) is 0.752. The van der Waals surface area contributed by atoms with Crippen LogP contribution >= 0.6 is 15.9 Å². The number of piperidine rings is 1. The molecule has 1 aromatic carbocycles. The summed E-state index contributed by atoms with van der Waals surface area (Å²) < 4.78 is 6.65. The molecule has 0 atom stereocenters. The predicted molar refractivity (Wildman–Crippen MR) is 92.1 cm³/mol. The number of ether oxygens (including phenoxy) is 1. The van der Waals surface area contributed by atoms with E-state index >= 15 is 0 Å². The first-order valence-corrected chi connectivity index (χ1v) is 8.79. The molecule has 1 aliphatic heterocycles. The summed E-state index contributed by atoms with van der Waals surface area (Å²) in [5, 5.41) is 3.22. The molecule has 0 radical (unpaired) electrons. The third kappa shape index (κ3) is 5.29. The second kappa shape index (κ2) is 9.16. The van der Waals surface area contributed by atoms with E-state index in [1.807, 2.05) is 36.2 Å². The van der Waals surface area contributed by atoms with Gasteiger partial charge >= 0.3 is 0 Å². The molecule has 0 aliphatic carbocycles. The Bertz CT molecular complexity index is 473. The second-order valence-corrected chi connectivity index (χ2v) is 6.62. The van der Waals surface area contributed by atoms with Crippen LogP contribution in [0.25, 0.3) is 0 Å². The van der Waals surface area contributed by atoms with Crippen molar-refractivity contribution in [3.05, 3.63) is 28.7 Å². The van der Waals surface area contributed by atoms with Crippen LogP contribution in [0.5, 0.6) is 5.75 Å². The number of hydrogen-bond donors (Lipinski definition) is 1. The van der Waals surface area contributed by atoms with E-state index in [4.69, 9.17) is 4.74 Å². The van der Waals surface area contributed by atoms with E-state index in [0.717, 1.165) is 49.1 Å². The molecule has 0 bridgehead atoms. The normalized spacial score (nSPS) is 15.8. The number of carbonyl (C=O) groups is 1. The van der Waals surface area contributed by atoms with E-state index in [1.165, 1.54) is 0 Å². The van der Waals surface area contributed by atoms with Gasteiger partial charge < -0.3 is 15.0 Å². The van der Waals surface area contributed by atoms with Crippen molar-refractivity contribution in [2.75, 3.05) is 33.3 Å². The van der Waals surface area contributed by atoms with Crippen molar-refractivity contribution in [3.8, 4) is 5.75 Å². The Morgan fingerprint density at radius 3 is 2.77 bits per heavy atom. The highest BCUT2D eigenvalue weighted by Gasteiger charge is 2.21. The summed E-state index contributed by atoms with van der Waals surface area (Å²) in [4.78, 5) is 14.2. The lowest BCUT2D eigenvalue weighted by atomic mass is 9.96. The molecule has 1 aliphatic rings. The predicted octanol–water partition coefficient (Wildman–Crippen LogP) is 3.07. The van der Waals surface area contributed by atoms with E-state index in [0.29, 0.717) is 18.9 Å². The van der Waals surface area contributed by atoms with Gasteiger partial charge in [-0.3, -0.25) is 4.79 Å². The van der Waals surface area contributed by atoms with Gasteiger partial charge in [-0.15, -0.1) is 0 Å². The van der Waals surface area contributed by atoms with Gasteiger partial charge in [-0.05, 0) is 66.8 Å². The van der Waals surface area contributed by atoms with E-state index in [-0.39, 0.29) is 5.91 Å². The minimum Gasteiger partial charge on any atom is -0.492 e. The highest BCUT2D eigenvalue weighted by molar-refractivity contribution is 9.10. The Kier molecular flexibility index (Phi) is 7.19. The van der Waals surface area contributed by atoms with Crippen LogP contribution in [-0.2, 0) is 4.79 Å². The van der Waals surface area contributed by atoms with Crippen LogP contribution < -0.4 is 10.1 Å². The van der Waals surface area contributed by atoms with Gasteiger partial charge in [-0.25, -0.2) is 0 Å². The van der Waals surface area contributed by atoms with Crippen LogP contribution in [0.3, 0.4) is 0 Å². The average molecular weight is 369 g/mol. The molecule has 1 heterocycles. The second-order valence-electron chi connectivity index (χ2n) is 5.76. The van der Waals surface area contributed by atoms with E-state index in [1.54, 1.807) is 0 Å². The zero-order chi connectivity index (χ0) is 15.8. The fourth-order valence-corrected chi connectivity index (χ4v) is 3.20. The molecule has 122 valence electrons. The van der Waals surface area contributed by atoms with Gasteiger partial charge in [0.05, 0.1) is 11.1 Å². The smallest absolute Gasteiger partial charge is 0.222 e. The first kappa shape index (κ1) is 17.3. The Labute approximate surface area is 141 Å². The van der Waals surface area contributed by atoms with Crippen LogP contribution in [0, 0.1) is 5.92 Å². The number of nitrogens with zero attached hydrogens (tertiary/aromatic N) is 1. The number of rotatable bonds is 7. The average Bonchev–Trinajstić information content (AvgIpc) is 2.54. The fraction of sp³-hybridized carbons (Fsp3) is 0.588. The van der Waals surface area contributed by atoms with Crippen molar-refractivity contribution >= 4 is 21.8 Å². The van der Waals surface area contributed by atoms with Gasteiger partial charge in [-0.1, -0.05) is 12.1 Å². The van der Waals surface area contributed by atoms with E-state index in [2.05, 4.69) is 21.2 Å². The minimum atomic E-state index is 0.263. The topological polar surface area (TPSA) is 41.6 Å². The van der Waals surface area contributed by atoms with Crippen molar-refractivity contribution in [1.82, 2.24) is 10.2 Å². The third-order valence-corrected chi connectivity index (χ3v) is 4.74. The Morgan fingerprint density at radius 2 is 2.09 bits per heavy atom. The molecule has 0 spiro atoms. The molecule has 1 fully saturated rings. The summed E-state index contributed by atoms with van der Waals surface area (Å²) in [6.45, 7) is 3.43. The van der Waals surface area contributed by atoms with Gasteiger partial charge in [0.1, 0.15) is 5.75 Å². The van der Waals surface area contributed by atoms with Crippen molar-refractivity contribution in [3.63, 3.8) is 0 Å². The highest BCUT2D eigenvalue weighted by Crippen LogP contribution is 2.24. The molecule has 0 aromatic heterocycles. The van der Waals surface area contributed by atoms with Gasteiger partial charge in [0.15, 0.2) is 0 Å². The summed E-state index contributed by atoms with van der Waals surface area (Å²) in [7, 11) is 1.99. The number of para-hydroxylation sites is 1. The van der Waals surface area contributed by atoms with Crippen molar-refractivity contribution in [2.45, 2.75) is 25.7 Å². The maximum Gasteiger partial charge on any atom is 0.222 e. The molecule has 22 heavy (non-hydrogen) atoms. The lowest BCUT2D eigenvalue weighted by Gasteiger charge is -2.32. The summed E-state index contributed by atoms with van der Waals surface area (Å²) in [6.07, 6.45) is 3.55. The largest absolute Gasteiger partial charge is 0.492 e. The van der Waals surface area contributed by atoms with Crippen LogP contribution in [0.4, 0.5) is 0 Å². The molecule has 5 heteroatoms. The monoisotopic (exact) mass is 368 g/mol. The number of hydrogen-bond acceptors (Lipinski definition) is 3. The molecule has 4 nitrogen and oxygen atoms in total. The summed E-state index contributed by atoms with van der Waals surface area (Å²) >= 11 is 3.45. The third-order valence-electron chi connectivity index (χ3n) is 4.09. The maximum atomic E-state index is 12.2. The zero-order valence-electron chi connectivity index (χ0n) is 13.2. The molecule has 1 N–H and O–H groups in total. The number of nitrogens with one attached hydrogen (secondary N) is 1. The molecule has 1 saturated heterocycles.